The Labute approximate surface area is 149 Å². The second kappa shape index (κ2) is 7.11. The Morgan fingerprint density at radius 2 is 2.00 bits per heavy atom. The maximum absolute atomic E-state index is 13.5. The SMILES string of the molecule is Cc1ccc(C)c(C(C)NC(=O)CC(O)(c2nccn2C)C(F)(F)F)c1. The third kappa shape index (κ3) is 3.90. The minimum absolute atomic E-state index is 0.499. The first kappa shape index (κ1) is 20.0. The summed E-state index contributed by atoms with van der Waals surface area (Å²) in [5.74, 6) is -1.54. The highest BCUT2D eigenvalue weighted by molar-refractivity contribution is 5.78. The van der Waals surface area contributed by atoms with E-state index in [9.17, 15) is 23.1 Å². The molecule has 0 radical (unpaired) electrons. The summed E-state index contributed by atoms with van der Waals surface area (Å²) in [6.45, 7) is 5.44. The molecule has 2 rings (SSSR count). The molecule has 2 N–H and O–H groups in total. The predicted octanol–water partition coefficient (Wildman–Crippen LogP) is 3.05. The van der Waals surface area contributed by atoms with Crippen molar-refractivity contribution in [1.29, 1.82) is 0 Å². The molecule has 0 aliphatic carbocycles. The smallest absolute Gasteiger partial charge is 0.374 e. The molecule has 0 aliphatic heterocycles. The van der Waals surface area contributed by atoms with Gasteiger partial charge in [-0.3, -0.25) is 4.79 Å². The van der Waals surface area contributed by atoms with Crippen LogP contribution in [0.2, 0.25) is 0 Å². The number of nitrogens with zero attached hydrogens (tertiary/aromatic N) is 2. The molecule has 5 nitrogen and oxygen atoms in total. The number of benzene rings is 1. The van der Waals surface area contributed by atoms with Crippen molar-refractivity contribution in [2.24, 2.45) is 7.05 Å². The van der Waals surface area contributed by atoms with Gasteiger partial charge in [-0.15, -0.1) is 0 Å². The lowest BCUT2D eigenvalue weighted by Gasteiger charge is -2.30. The lowest BCUT2D eigenvalue weighted by atomic mass is 9.96. The molecule has 2 aromatic rings. The molecule has 1 amide bonds. The second-order valence-electron chi connectivity index (χ2n) is 6.55. The van der Waals surface area contributed by atoms with Crippen molar-refractivity contribution in [3.05, 3.63) is 53.1 Å². The molecule has 0 saturated carbocycles. The van der Waals surface area contributed by atoms with Crippen molar-refractivity contribution in [2.45, 2.75) is 45.0 Å². The van der Waals surface area contributed by atoms with Crippen LogP contribution in [0.15, 0.2) is 30.6 Å². The minimum atomic E-state index is -5.05. The molecule has 0 spiro atoms. The summed E-state index contributed by atoms with van der Waals surface area (Å²) in [5.41, 5.74) is -0.660. The summed E-state index contributed by atoms with van der Waals surface area (Å²) in [7, 11) is 1.33. The Balaban J connectivity index is 2.23. The summed E-state index contributed by atoms with van der Waals surface area (Å²) in [6, 6.07) is 5.17. The third-order valence-electron chi connectivity index (χ3n) is 4.36. The standard InChI is InChI=1S/C18H22F3N3O2/c1-11-5-6-12(2)14(9-11)13(3)23-15(25)10-17(26,18(19,20)21)16-22-7-8-24(16)4/h5-9,13,26H,10H2,1-4H3,(H,23,25). The number of amides is 1. The van der Waals surface area contributed by atoms with Gasteiger partial charge in [0.2, 0.25) is 11.5 Å². The number of nitrogens with one attached hydrogen (secondary N) is 1. The Kier molecular flexibility index (Phi) is 5.46. The largest absolute Gasteiger partial charge is 0.425 e. The number of aryl methyl sites for hydroxylation is 3. The molecule has 1 aromatic carbocycles. The lowest BCUT2D eigenvalue weighted by molar-refractivity contribution is -0.271. The van der Waals surface area contributed by atoms with Gasteiger partial charge in [0.1, 0.15) is 0 Å². The van der Waals surface area contributed by atoms with Gasteiger partial charge in [-0.05, 0) is 31.9 Å². The highest BCUT2D eigenvalue weighted by Gasteiger charge is 2.58. The summed E-state index contributed by atoms with van der Waals surface area (Å²) in [5, 5.41) is 12.8. The molecule has 0 bridgehead atoms. The van der Waals surface area contributed by atoms with Crippen molar-refractivity contribution in [1.82, 2.24) is 14.9 Å². The average Bonchev–Trinajstić information content (AvgIpc) is 2.94. The quantitative estimate of drug-likeness (QED) is 0.851. The van der Waals surface area contributed by atoms with E-state index in [1.54, 1.807) is 6.92 Å². The van der Waals surface area contributed by atoms with Crippen molar-refractivity contribution in [3.8, 4) is 0 Å². The number of imidazole rings is 1. The first-order chi connectivity index (χ1) is 12.0. The molecular formula is C18H22F3N3O2. The molecule has 1 heterocycles. The first-order valence-corrected chi connectivity index (χ1v) is 8.09. The van der Waals surface area contributed by atoms with Crippen LogP contribution in [0.25, 0.3) is 0 Å². The summed E-state index contributed by atoms with van der Waals surface area (Å²) in [6.07, 6.45) is -3.80. The Morgan fingerprint density at radius 1 is 1.35 bits per heavy atom. The van der Waals surface area contributed by atoms with Crippen LogP contribution in [0.1, 0.15) is 41.9 Å². The van der Waals surface area contributed by atoms with E-state index in [1.165, 1.54) is 13.2 Å². The monoisotopic (exact) mass is 369 g/mol. The van der Waals surface area contributed by atoms with Crippen LogP contribution in [-0.2, 0) is 17.4 Å². The van der Waals surface area contributed by atoms with E-state index in [-0.39, 0.29) is 0 Å². The number of alkyl halides is 3. The van der Waals surface area contributed by atoms with E-state index >= 15 is 0 Å². The number of aromatic nitrogens is 2. The van der Waals surface area contributed by atoms with Crippen LogP contribution < -0.4 is 5.32 Å². The molecule has 2 unspecified atom stereocenters. The van der Waals surface area contributed by atoms with E-state index in [0.29, 0.717) is 0 Å². The third-order valence-corrected chi connectivity index (χ3v) is 4.36. The van der Waals surface area contributed by atoms with Crippen molar-refractivity contribution in [2.75, 3.05) is 0 Å². The van der Waals surface area contributed by atoms with Gasteiger partial charge >= 0.3 is 6.18 Å². The van der Waals surface area contributed by atoms with Crippen molar-refractivity contribution in [3.63, 3.8) is 0 Å². The summed E-state index contributed by atoms with van der Waals surface area (Å²) >= 11 is 0. The Morgan fingerprint density at radius 3 is 2.54 bits per heavy atom. The highest BCUT2D eigenvalue weighted by Crippen LogP contribution is 2.40. The molecule has 0 saturated heterocycles. The highest BCUT2D eigenvalue weighted by atomic mass is 19.4. The fourth-order valence-electron chi connectivity index (χ4n) is 2.90. The number of aliphatic hydroxyl groups is 1. The van der Waals surface area contributed by atoms with E-state index in [1.807, 2.05) is 32.0 Å². The number of carbonyl (C=O) groups is 1. The van der Waals surface area contributed by atoms with Crippen LogP contribution in [-0.4, -0.2) is 26.7 Å². The zero-order valence-electron chi connectivity index (χ0n) is 15.1. The fourth-order valence-corrected chi connectivity index (χ4v) is 2.90. The molecule has 1 aromatic heterocycles. The van der Waals surface area contributed by atoms with Gasteiger partial charge < -0.3 is 15.0 Å². The average molecular weight is 369 g/mol. The topological polar surface area (TPSA) is 67.2 Å². The Bertz CT molecular complexity index is 801. The van der Waals surface area contributed by atoms with E-state index in [4.69, 9.17) is 0 Å². The molecule has 142 valence electrons. The normalized spacial score (nSPS) is 15.4. The minimum Gasteiger partial charge on any atom is -0.374 e. The molecular weight excluding hydrogens is 347 g/mol. The summed E-state index contributed by atoms with van der Waals surface area (Å²) in [4.78, 5) is 15.9. The van der Waals surface area contributed by atoms with Gasteiger partial charge in [0.15, 0.2) is 5.82 Å². The zero-order chi connectivity index (χ0) is 19.7. The molecule has 8 heteroatoms. The van der Waals surface area contributed by atoms with Gasteiger partial charge in [0.05, 0.1) is 12.5 Å². The second-order valence-corrected chi connectivity index (χ2v) is 6.55. The molecule has 26 heavy (non-hydrogen) atoms. The van der Waals surface area contributed by atoms with Gasteiger partial charge in [-0.2, -0.15) is 13.2 Å². The lowest BCUT2D eigenvalue weighted by Crippen LogP contribution is -2.48. The van der Waals surface area contributed by atoms with Crippen molar-refractivity contribution < 1.29 is 23.1 Å². The van der Waals surface area contributed by atoms with Crippen molar-refractivity contribution >= 4 is 5.91 Å². The number of rotatable bonds is 5. The van der Waals surface area contributed by atoms with Crippen LogP contribution in [0.5, 0.6) is 0 Å². The van der Waals surface area contributed by atoms with Crippen LogP contribution >= 0.6 is 0 Å². The molecule has 0 fully saturated rings. The van der Waals surface area contributed by atoms with E-state index < -0.39 is 36.0 Å². The number of carbonyl (C=O) groups excluding carboxylic acids is 1. The Hall–Kier alpha value is -2.35. The van der Waals surface area contributed by atoms with E-state index in [2.05, 4.69) is 10.3 Å². The van der Waals surface area contributed by atoms with Gasteiger partial charge in [-0.1, -0.05) is 23.8 Å². The first-order valence-electron chi connectivity index (χ1n) is 8.09. The number of halogens is 3. The van der Waals surface area contributed by atoms with Gasteiger partial charge in [-0.25, -0.2) is 4.98 Å². The van der Waals surface area contributed by atoms with Crippen LogP contribution in [0.3, 0.4) is 0 Å². The van der Waals surface area contributed by atoms with Gasteiger partial charge in [0, 0.05) is 19.4 Å². The number of hydrogen-bond acceptors (Lipinski definition) is 3. The van der Waals surface area contributed by atoms with E-state index in [0.717, 1.165) is 27.5 Å². The van der Waals surface area contributed by atoms with Crippen LogP contribution in [0, 0.1) is 13.8 Å². The zero-order valence-corrected chi connectivity index (χ0v) is 15.1. The predicted molar refractivity (Wildman–Crippen MR) is 90.3 cm³/mol. The maximum Gasteiger partial charge on any atom is 0.425 e. The fraction of sp³-hybridized carbons (Fsp3) is 0.444. The van der Waals surface area contributed by atoms with Crippen LogP contribution in [0.4, 0.5) is 13.2 Å². The van der Waals surface area contributed by atoms with Gasteiger partial charge in [0.25, 0.3) is 0 Å². The molecule has 2 atom stereocenters. The maximum atomic E-state index is 13.5. The summed E-state index contributed by atoms with van der Waals surface area (Å²) < 4.78 is 41.6. The number of hydrogen-bond donors (Lipinski definition) is 2. The molecule has 0 aliphatic rings.